The normalized spacial score (nSPS) is 10.6. The molecular weight excluding hydrogens is 364 g/mol. The van der Waals surface area contributed by atoms with Crippen LogP contribution in [0, 0.1) is 0 Å². The van der Waals surface area contributed by atoms with Gasteiger partial charge < -0.3 is 9.47 Å². The predicted molar refractivity (Wildman–Crippen MR) is 111 cm³/mol. The standard InChI is InChI=1S/C20H24N2O2S2/c1-3-11-23-13-15-25-19-9-5-7-17(21-19)18-8-6-10-20(22-18)26-16-14-24-12-4-2/h3-10H,1-2,11-16H2. The van der Waals surface area contributed by atoms with E-state index in [0.29, 0.717) is 26.4 Å². The molecule has 0 saturated carbocycles. The predicted octanol–water partition coefficient (Wildman–Crippen LogP) is 4.73. The molecule has 0 unspecified atom stereocenters. The molecule has 0 saturated heterocycles. The van der Waals surface area contributed by atoms with Crippen LogP contribution in [0.4, 0.5) is 0 Å². The molecule has 0 bridgehead atoms. The minimum atomic E-state index is 0.584. The van der Waals surface area contributed by atoms with Crippen molar-refractivity contribution in [1.82, 2.24) is 9.97 Å². The van der Waals surface area contributed by atoms with Crippen LogP contribution in [0.25, 0.3) is 11.4 Å². The maximum Gasteiger partial charge on any atom is 0.0968 e. The van der Waals surface area contributed by atoms with Crippen LogP contribution in [-0.2, 0) is 9.47 Å². The van der Waals surface area contributed by atoms with Gasteiger partial charge in [-0.2, -0.15) is 0 Å². The first kappa shape index (κ1) is 20.7. The quantitative estimate of drug-likeness (QED) is 0.281. The van der Waals surface area contributed by atoms with Gasteiger partial charge in [-0.1, -0.05) is 24.3 Å². The monoisotopic (exact) mass is 388 g/mol. The van der Waals surface area contributed by atoms with E-state index in [1.54, 1.807) is 35.7 Å². The number of hydrogen-bond donors (Lipinski definition) is 0. The Kier molecular flexibility index (Phi) is 10.1. The van der Waals surface area contributed by atoms with E-state index in [1.807, 2.05) is 36.4 Å². The number of ether oxygens (including phenoxy) is 2. The summed E-state index contributed by atoms with van der Waals surface area (Å²) in [5, 5.41) is 1.95. The molecule has 26 heavy (non-hydrogen) atoms. The van der Waals surface area contributed by atoms with Crippen molar-refractivity contribution in [2.75, 3.05) is 37.9 Å². The molecule has 2 aromatic heterocycles. The van der Waals surface area contributed by atoms with Crippen LogP contribution in [0.3, 0.4) is 0 Å². The summed E-state index contributed by atoms with van der Waals surface area (Å²) in [6.45, 7) is 9.80. The smallest absolute Gasteiger partial charge is 0.0968 e. The van der Waals surface area contributed by atoms with Gasteiger partial charge in [-0.25, -0.2) is 9.97 Å². The lowest BCUT2D eigenvalue weighted by Gasteiger charge is -2.06. The third-order valence-corrected chi connectivity index (χ3v) is 4.92. The van der Waals surface area contributed by atoms with Crippen molar-refractivity contribution in [2.24, 2.45) is 0 Å². The lowest BCUT2D eigenvalue weighted by atomic mass is 10.2. The van der Waals surface area contributed by atoms with Gasteiger partial charge in [-0.3, -0.25) is 0 Å². The summed E-state index contributed by atoms with van der Waals surface area (Å²) < 4.78 is 10.8. The molecule has 0 atom stereocenters. The minimum Gasteiger partial charge on any atom is -0.377 e. The molecule has 0 spiro atoms. The van der Waals surface area contributed by atoms with Crippen molar-refractivity contribution >= 4 is 23.5 Å². The Morgan fingerprint density at radius 3 is 1.65 bits per heavy atom. The molecule has 0 N–H and O–H groups in total. The van der Waals surface area contributed by atoms with Crippen LogP contribution in [-0.4, -0.2) is 47.9 Å². The Bertz CT molecular complexity index is 636. The Morgan fingerprint density at radius 2 is 1.23 bits per heavy atom. The van der Waals surface area contributed by atoms with Crippen molar-refractivity contribution in [2.45, 2.75) is 10.1 Å². The fraction of sp³-hybridized carbons (Fsp3) is 0.300. The van der Waals surface area contributed by atoms with Gasteiger partial charge in [-0.05, 0) is 24.3 Å². The van der Waals surface area contributed by atoms with E-state index in [1.165, 1.54) is 0 Å². The molecular formula is C20H24N2O2S2. The second kappa shape index (κ2) is 12.7. The molecule has 2 rings (SSSR count). The van der Waals surface area contributed by atoms with Crippen LogP contribution in [0.1, 0.15) is 0 Å². The zero-order valence-electron chi connectivity index (χ0n) is 14.8. The van der Waals surface area contributed by atoms with Crippen LogP contribution < -0.4 is 0 Å². The van der Waals surface area contributed by atoms with Gasteiger partial charge in [0.15, 0.2) is 0 Å². The Hall–Kier alpha value is -1.60. The van der Waals surface area contributed by atoms with Gasteiger partial charge in [0.05, 0.1) is 47.9 Å². The van der Waals surface area contributed by atoms with E-state index >= 15 is 0 Å². The highest BCUT2D eigenvalue weighted by molar-refractivity contribution is 7.99. The van der Waals surface area contributed by atoms with Gasteiger partial charge in [-0.15, -0.1) is 36.7 Å². The van der Waals surface area contributed by atoms with E-state index in [4.69, 9.17) is 19.4 Å². The molecule has 0 aromatic carbocycles. The molecule has 4 nitrogen and oxygen atoms in total. The minimum absolute atomic E-state index is 0.584. The summed E-state index contributed by atoms with van der Waals surface area (Å²) in [5.41, 5.74) is 1.76. The van der Waals surface area contributed by atoms with E-state index in [2.05, 4.69) is 13.2 Å². The van der Waals surface area contributed by atoms with E-state index in [9.17, 15) is 0 Å². The van der Waals surface area contributed by atoms with Crippen LogP contribution in [0.5, 0.6) is 0 Å². The lowest BCUT2D eigenvalue weighted by molar-refractivity contribution is 0.180. The zero-order chi connectivity index (χ0) is 18.5. The van der Waals surface area contributed by atoms with E-state index in [-0.39, 0.29) is 0 Å². The summed E-state index contributed by atoms with van der Waals surface area (Å²) in [6, 6.07) is 12.0. The average Bonchev–Trinajstić information content (AvgIpc) is 2.68. The highest BCUT2D eigenvalue weighted by Crippen LogP contribution is 2.23. The van der Waals surface area contributed by atoms with Crippen LogP contribution >= 0.6 is 23.5 Å². The van der Waals surface area contributed by atoms with Gasteiger partial charge in [0, 0.05) is 11.5 Å². The number of pyridine rings is 2. The van der Waals surface area contributed by atoms with Crippen LogP contribution in [0.15, 0.2) is 71.8 Å². The number of hydrogen-bond acceptors (Lipinski definition) is 6. The Morgan fingerprint density at radius 1 is 0.769 bits per heavy atom. The summed E-state index contributed by atoms with van der Waals surface area (Å²) >= 11 is 3.35. The van der Waals surface area contributed by atoms with Crippen molar-refractivity contribution in [3.05, 3.63) is 61.7 Å². The molecule has 0 aliphatic heterocycles. The lowest BCUT2D eigenvalue weighted by Crippen LogP contribution is -1.98. The molecule has 0 aliphatic rings. The fourth-order valence-electron chi connectivity index (χ4n) is 2.02. The van der Waals surface area contributed by atoms with E-state index < -0.39 is 0 Å². The first-order valence-electron chi connectivity index (χ1n) is 8.41. The third kappa shape index (κ3) is 7.74. The third-order valence-electron chi connectivity index (χ3n) is 3.14. The molecule has 0 aliphatic carbocycles. The Balaban J connectivity index is 1.91. The van der Waals surface area contributed by atoms with Crippen LogP contribution in [0.2, 0.25) is 0 Å². The molecule has 0 amide bonds. The first-order chi connectivity index (χ1) is 12.8. The van der Waals surface area contributed by atoms with Crippen molar-refractivity contribution in [3.8, 4) is 11.4 Å². The van der Waals surface area contributed by atoms with E-state index in [0.717, 1.165) is 32.9 Å². The summed E-state index contributed by atoms with van der Waals surface area (Å²) in [5.74, 6) is 1.72. The molecule has 2 aromatic rings. The second-order valence-corrected chi connectivity index (χ2v) is 7.38. The summed E-state index contributed by atoms with van der Waals surface area (Å²) in [4.78, 5) is 9.40. The molecule has 6 heteroatoms. The van der Waals surface area contributed by atoms with Gasteiger partial charge >= 0.3 is 0 Å². The maximum absolute atomic E-state index is 5.40. The maximum atomic E-state index is 5.40. The summed E-state index contributed by atoms with van der Waals surface area (Å²) in [7, 11) is 0. The molecule has 0 radical (unpaired) electrons. The zero-order valence-corrected chi connectivity index (χ0v) is 16.4. The first-order valence-corrected chi connectivity index (χ1v) is 10.4. The van der Waals surface area contributed by atoms with Gasteiger partial charge in [0.1, 0.15) is 0 Å². The number of aromatic nitrogens is 2. The fourth-order valence-corrected chi connectivity index (χ4v) is 3.52. The molecule has 138 valence electrons. The number of nitrogens with zero attached hydrogens (tertiary/aromatic N) is 2. The largest absolute Gasteiger partial charge is 0.377 e. The van der Waals surface area contributed by atoms with Crippen molar-refractivity contribution < 1.29 is 9.47 Å². The Labute approximate surface area is 164 Å². The highest BCUT2D eigenvalue weighted by atomic mass is 32.2. The topological polar surface area (TPSA) is 44.2 Å². The molecule has 0 fully saturated rings. The number of thioether (sulfide) groups is 2. The highest BCUT2D eigenvalue weighted by Gasteiger charge is 2.05. The number of rotatable bonds is 13. The second-order valence-electron chi connectivity index (χ2n) is 5.15. The van der Waals surface area contributed by atoms with Crippen molar-refractivity contribution in [3.63, 3.8) is 0 Å². The van der Waals surface area contributed by atoms with Crippen molar-refractivity contribution in [1.29, 1.82) is 0 Å². The average molecular weight is 389 g/mol. The SMILES string of the molecule is C=CCOCCSc1cccc(-c2cccc(SCCOCC=C)n2)n1. The molecule has 2 heterocycles. The van der Waals surface area contributed by atoms with Gasteiger partial charge in [0.2, 0.25) is 0 Å². The summed E-state index contributed by atoms with van der Waals surface area (Å²) in [6.07, 6.45) is 3.51. The van der Waals surface area contributed by atoms with Gasteiger partial charge in [0.25, 0.3) is 0 Å².